The van der Waals surface area contributed by atoms with Crippen molar-refractivity contribution in [2.24, 2.45) is 0 Å². The highest BCUT2D eigenvalue weighted by atomic mass is 35.5. The van der Waals surface area contributed by atoms with Gasteiger partial charge in [-0.25, -0.2) is 0 Å². The topological polar surface area (TPSA) is 68.0 Å². The summed E-state index contributed by atoms with van der Waals surface area (Å²) in [4.78, 5) is 17.5. The first-order valence-corrected chi connectivity index (χ1v) is 10.1. The number of hydrogen-bond acceptors (Lipinski definition) is 6. The number of thiophene rings is 1. The largest absolute Gasteiger partial charge is 0.339 e. The molecule has 3 aromatic rings. The maximum atomic E-state index is 12.7. The van der Waals surface area contributed by atoms with Crippen LogP contribution in [0, 0.1) is 0 Å². The predicted molar refractivity (Wildman–Crippen MR) is 102 cm³/mol. The third-order valence-corrected chi connectivity index (χ3v) is 5.60. The van der Waals surface area contributed by atoms with Crippen molar-refractivity contribution in [2.75, 3.05) is 5.32 Å². The van der Waals surface area contributed by atoms with Gasteiger partial charge in [-0.15, -0.1) is 11.3 Å². The summed E-state index contributed by atoms with van der Waals surface area (Å²) < 4.78 is 30.5. The number of aromatic nitrogens is 2. The van der Waals surface area contributed by atoms with Gasteiger partial charge in [0.15, 0.2) is 0 Å². The minimum Gasteiger partial charge on any atom is -0.339 e. The maximum Gasteiger partial charge on any atom is 0.289 e. The van der Waals surface area contributed by atoms with Gasteiger partial charge in [0, 0.05) is 12.8 Å². The molecule has 0 saturated heterocycles. The molecule has 0 saturated carbocycles. The Morgan fingerprint density at radius 2 is 2.19 bits per heavy atom. The molecule has 142 valence electrons. The number of nitrogens with one attached hydrogen (secondary N) is 1. The maximum absolute atomic E-state index is 12.7. The second-order valence-corrected chi connectivity index (χ2v) is 7.74. The highest BCUT2D eigenvalue weighted by Crippen LogP contribution is 2.37. The fourth-order valence-electron chi connectivity index (χ4n) is 2.29. The third kappa shape index (κ3) is 5.50. The smallest absolute Gasteiger partial charge is 0.289 e. The molecule has 5 nitrogen and oxygen atoms in total. The number of benzene rings is 1. The molecule has 0 aliphatic carbocycles. The van der Waals surface area contributed by atoms with Gasteiger partial charge in [-0.05, 0) is 30.0 Å². The molecule has 0 aliphatic heterocycles. The van der Waals surface area contributed by atoms with E-state index in [0.29, 0.717) is 36.3 Å². The van der Waals surface area contributed by atoms with Crippen LogP contribution in [0.15, 0.2) is 45.1 Å². The molecule has 0 atom stereocenters. The normalized spacial score (nSPS) is 11.1. The van der Waals surface area contributed by atoms with Gasteiger partial charge in [0.05, 0.1) is 20.5 Å². The number of thioether (sulfide) groups is 1. The minimum absolute atomic E-state index is 0.153. The molecule has 3 rings (SSSR count). The van der Waals surface area contributed by atoms with Crippen molar-refractivity contribution in [2.45, 2.75) is 29.9 Å². The van der Waals surface area contributed by atoms with Gasteiger partial charge in [0.2, 0.25) is 17.6 Å². The highest BCUT2D eigenvalue weighted by molar-refractivity contribution is 7.99. The second kappa shape index (κ2) is 9.29. The average molecular weight is 430 g/mol. The van der Waals surface area contributed by atoms with E-state index in [-0.39, 0.29) is 27.9 Å². The van der Waals surface area contributed by atoms with Crippen LogP contribution < -0.4 is 5.32 Å². The van der Waals surface area contributed by atoms with Crippen molar-refractivity contribution in [3.63, 3.8) is 0 Å². The van der Waals surface area contributed by atoms with E-state index >= 15 is 0 Å². The number of nitrogens with zero attached hydrogens (tertiary/aromatic N) is 2. The monoisotopic (exact) mass is 429 g/mol. The Labute approximate surface area is 167 Å². The minimum atomic E-state index is -2.63. The fraction of sp³-hybridized carbons (Fsp3) is 0.235. The van der Waals surface area contributed by atoms with E-state index < -0.39 is 5.76 Å². The average Bonchev–Trinajstić information content (AvgIpc) is 3.29. The van der Waals surface area contributed by atoms with Crippen LogP contribution in [0.5, 0.6) is 0 Å². The third-order valence-electron chi connectivity index (χ3n) is 3.45. The number of amides is 1. The molecular weight excluding hydrogens is 416 g/mol. The summed E-state index contributed by atoms with van der Waals surface area (Å²) in [5.74, 6) is -1.96. The van der Waals surface area contributed by atoms with Crippen LogP contribution in [0.4, 0.5) is 14.5 Å². The summed E-state index contributed by atoms with van der Waals surface area (Å²) in [5.41, 5.74) is 0.274. The van der Waals surface area contributed by atoms with Crippen LogP contribution in [0.1, 0.15) is 18.7 Å². The Kier molecular flexibility index (Phi) is 6.81. The number of anilines is 1. The van der Waals surface area contributed by atoms with Crippen LogP contribution in [-0.4, -0.2) is 21.8 Å². The van der Waals surface area contributed by atoms with Crippen molar-refractivity contribution in [1.82, 2.24) is 10.1 Å². The van der Waals surface area contributed by atoms with Crippen LogP contribution >= 0.6 is 34.7 Å². The number of carbonyl (C=O) groups is 1. The molecule has 1 N–H and O–H groups in total. The number of aryl methyl sites for hydroxylation is 1. The fourth-order valence-corrected chi connectivity index (χ4v) is 3.85. The summed E-state index contributed by atoms with van der Waals surface area (Å²) in [5, 5.41) is 8.63. The van der Waals surface area contributed by atoms with E-state index in [1.54, 1.807) is 12.1 Å². The molecule has 1 amide bonds. The van der Waals surface area contributed by atoms with Crippen molar-refractivity contribution in [3.05, 3.63) is 46.6 Å². The summed E-state index contributed by atoms with van der Waals surface area (Å²) >= 11 is 7.77. The molecule has 0 unspecified atom stereocenters. The summed E-state index contributed by atoms with van der Waals surface area (Å²) in [6.45, 7) is 0. The lowest BCUT2D eigenvalue weighted by atomic mass is 10.2. The second-order valence-electron chi connectivity index (χ2n) is 5.39. The molecule has 2 aromatic heterocycles. The van der Waals surface area contributed by atoms with Gasteiger partial charge >= 0.3 is 0 Å². The molecule has 0 fully saturated rings. The zero-order valence-electron chi connectivity index (χ0n) is 13.8. The molecule has 27 heavy (non-hydrogen) atoms. The molecular formula is C17H14ClF2N3O2S2. The van der Waals surface area contributed by atoms with Gasteiger partial charge in [-0.2, -0.15) is 13.8 Å². The van der Waals surface area contributed by atoms with E-state index in [0.717, 1.165) is 4.88 Å². The lowest BCUT2D eigenvalue weighted by molar-refractivity contribution is -0.116. The molecule has 0 radical (unpaired) electrons. The Bertz CT molecular complexity index is 903. The first kappa shape index (κ1) is 19.8. The van der Waals surface area contributed by atoms with Gasteiger partial charge in [-0.3, -0.25) is 4.79 Å². The van der Waals surface area contributed by atoms with E-state index in [4.69, 9.17) is 16.1 Å². The lowest BCUT2D eigenvalue weighted by Gasteiger charge is -2.11. The zero-order chi connectivity index (χ0) is 19.2. The molecule has 2 heterocycles. The predicted octanol–water partition coefficient (Wildman–Crippen LogP) is 5.73. The van der Waals surface area contributed by atoms with E-state index in [9.17, 15) is 13.6 Å². The number of rotatable bonds is 8. The van der Waals surface area contributed by atoms with Crippen molar-refractivity contribution < 1.29 is 18.1 Å². The van der Waals surface area contributed by atoms with Crippen LogP contribution in [-0.2, 0) is 11.2 Å². The molecule has 1 aromatic carbocycles. The van der Waals surface area contributed by atoms with Gasteiger partial charge in [0.1, 0.15) is 0 Å². The quantitative estimate of drug-likeness (QED) is 0.463. The number of carbonyl (C=O) groups excluding carboxylic acids is 1. The summed E-state index contributed by atoms with van der Waals surface area (Å²) in [6.07, 6.45) is 1.11. The SMILES string of the molecule is O=C(CCCc1nc(-c2cccs2)no1)Nc1cccc(Cl)c1SC(F)F. The van der Waals surface area contributed by atoms with Crippen molar-refractivity contribution in [3.8, 4) is 10.7 Å². The van der Waals surface area contributed by atoms with Crippen molar-refractivity contribution >= 4 is 46.3 Å². The first-order chi connectivity index (χ1) is 13.0. The Balaban J connectivity index is 1.53. The van der Waals surface area contributed by atoms with Crippen molar-refractivity contribution in [1.29, 1.82) is 0 Å². The van der Waals surface area contributed by atoms with Gasteiger partial charge in [-0.1, -0.05) is 40.7 Å². The van der Waals surface area contributed by atoms with E-state index in [2.05, 4.69) is 15.5 Å². The van der Waals surface area contributed by atoms with Gasteiger partial charge < -0.3 is 9.84 Å². The Morgan fingerprint density at radius 3 is 2.93 bits per heavy atom. The van der Waals surface area contributed by atoms with Crippen LogP contribution in [0.2, 0.25) is 5.02 Å². The molecule has 0 bridgehead atoms. The standard InChI is InChI=1S/C17H14ClF2N3O2S2/c18-10-4-1-5-11(15(10)27-17(19)20)21-13(24)7-2-8-14-22-16(23-25-14)12-6-3-9-26-12/h1,3-6,9,17H,2,7-8H2,(H,21,24). The Morgan fingerprint density at radius 1 is 1.33 bits per heavy atom. The molecule has 0 aliphatic rings. The van der Waals surface area contributed by atoms with E-state index in [1.165, 1.54) is 17.4 Å². The molecule has 0 spiro atoms. The first-order valence-electron chi connectivity index (χ1n) is 7.92. The lowest BCUT2D eigenvalue weighted by Crippen LogP contribution is -2.12. The zero-order valence-corrected chi connectivity index (χ0v) is 16.2. The van der Waals surface area contributed by atoms with Gasteiger partial charge in [0.25, 0.3) is 5.76 Å². The van der Waals surface area contributed by atoms with E-state index in [1.807, 2.05) is 17.5 Å². The summed E-state index contributed by atoms with van der Waals surface area (Å²) in [6, 6.07) is 8.43. The Hall–Kier alpha value is -1.97. The van der Waals surface area contributed by atoms with Crippen LogP contribution in [0.25, 0.3) is 10.7 Å². The number of alkyl halides is 2. The number of halogens is 3. The number of hydrogen-bond donors (Lipinski definition) is 1. The highest BCUT2D eigenvalue weighted by Gasteiger charge is 2.16. The van der Waals surface area contributed by atoms with Crippen LogP contribution in [0.3, 0.4) is 0 Å². The molecule has 10 heteroatoms. The summed E-state index contributed by atoms with van der Waals surface area (Å²) in [7, 11) is 0.